The molecule has 18 rings (SSSR count). The lowest BCUT2D eigenvalue weighted by atomic mass is 9.32. The summed E-state index contributed by atoms with van der Waals surface area (Å²) in [5.74, 6) is 0. The van der Waals surface area contributed by atoms with Crippen LogP contribution in [0.4, 0.5) is 45.5 Å². The van der Waals surface area contributed by atoms with Gasteiger partial charge in [-0.05, 0) is 182 Å². The Hall–Kier alpha value is -8.32. The molecule has 6 heteroatoms. The highest BCUT2D eigenvalue weighted by atomic mass is 32.1. The van der Waals surface area contributed by atoms with Crippen LogP contribution in [0, 0.1) is 0 Å². The fraction of sp³-hybridized carbons (Fsp3) is 0.302. The van der Waals surface area contributed by atoms with Crippen molar-refractivity contribution in [3.63, 3.8) is 0 Å². The van der Waals surface area contributed by atoms with Crippen LogP contribution in [-0.2, 0) is 32.5 Å². The smallest absolute Gasteiger partial charge is 0.252 e. The Labute approximate surface area is 548 Å². The second kappa shape index (κ2) is 18.7. The molecule has 1 fully saturated rings. The van der Waals surface area contributed by atoms with Gasteiger partial charge in [0.1, 0.15) is 5.58 Å². The van der Waals surface area contributed by atoms with Crippen molar-refractivity contribution < 1.29 is 4.42 Å². The van der Waals surface area contributed by atoms with Gasteiger partial charge in [-0.2, -0.15) is 0 Å². The maximum Gasteiger partial charge on any atom is 0.252 e. The van der Waals surface area contributed by atoms with Crippen molar-refractivity contribution in [3.05, 3.63) is 233 Å². The average molecular weight is 1220 g/mol. The highest BCUT2D eigenvalue weighted by Crippen LogP contribution is 2.64. The van der Waals surface area contributed by atoms with E-state index >= 15 is 0 Å². The summed E-state index contributed by atoms with van der Waals surface area (Å²) in [6.07, 6.45) is 6.83. The molecule has 3 aliphatic heterocycles. The molecule has 1 saturated carbocycles. The minimum atomic E-state index is -0.285. The van der Waals surface area contributed by atoms with Crippen molar-refractivity contribution in [1.82, 2.24) is 0 Å². The van der Waals surface area contributed by atoms with E-state index in [1.54, 1.807) is 0 Å². The number of thiophene rings is 1. The summed E-state index contributed by atoms with van der Waals surface area (Å²) >= 11 is 1.94. The molecule has 0 amide bonds. The summed E-state index contributed by atoms with van der Waals surface area (Å²) < 4.78 is 9.91. The Morgan fingerprint density at radius 2 is 0.978 bits per heavy atom. The molecule has 0 N–H and O–H groups in total. The normalized spacial score (nSPS) is 21.0. The molecule has 4 nitrogen and oxygen atoms in total. The predicted molar refractivity (Wildman–Crippen MR) is 394 cm³/mol. The summed E-state index contributed by atoms with van der Waals surface area (Å²) in [4.78, 5) is 8.33. The number of furan rings is 1. The van der Waals surface area contributed by atoms with Crippen molar-refractivity contribution in [1.29, 1.82) is 0 Å². The van der Waals surface area contributed by atoms with Crippen molar-refractivity contribution in [2.24, 2.45) is 0 Å². The average Bonchev–Trinajstić information content (AvgIpc) is 0.948. The first-order valence-corrected chi connectivity index (χ1v) is 34.9. The molecule has 92 heavy (non-hydrogen) atoms. The van der Waals surface area contributed by atoms with E-state index in [1.807, 2.05) is 11.3 Å². The second-order valence-electron chi connectivity index (χ2n) is 32.2. The largest absolute Gasteiger partial charge is 0.454 e. The van der Waals surface area contributed by atoms with Crippen LogP contribution < -0.4 is 31.1 Å². The predicted octanol–water partition coefficient (Wildman–Crippen LogP) is 22.1. The topological polar surface area (TPSA) is 22.9 Å². The van der Waals surface area contributed by atoms with E-state index in [4.69, 9.17) is 4.42 Å². The Bertz CT molecular complexity index is 5180. The number of hydrogen-bond acceptors (Lipinski definition) is 5. The van der Waals surface area contributed by atoms with Crippen LogP contribution in [0.2, 0.25) is 0 Å². The van der Waals surface area contributed by atoms with Crippen molar-refractivity contribution >= 4 is 122 Å². The molecule has 3 aliphatic carbocycles. The molecule has 2 aromatic heterocycles. The lowest BCUT2D eigenvalue weighted by Crippen LogP contribution is -2.62. The van der Waals surface area contributed by atoms with Gasteiger partial charge in [-0.25, -0.2) is 0 Å². The van der Waals surface area contributed by atoms with Crippen LogP contribution in [0.25, 0.3) is 53.2 Å². The number of anilines is 8. The Balaban J connectivity index is 0.997. The van der Waals surface area contributed by atoms with Gasteiger partial charge >= 0.3 is 0 Å². The van der Waals surface area contributed by atoms with Crippen LogP contribution in [-0.4, -0.2) is 12.3 Å². The molecule has 10 aromatic carbocycles. The molecule has 456 valence electrons. The zero-order valence-electron chi connectivity index (χ0n) is 55.9. The lowest BCUT2D eigenvalue weighted by molar-refractivity contribution is 0.195. The molecule has 2 atom stereocenters. The molecule has 5 heterocycles. The number of fused-ring (bicyclic) bond motifs is 16. The first kappa shape index (κ1) is 56.4. The summed E-state index contributed by atoms with van der Waals surface area (Å²) in [5, 5.41) is 4.88. The van der Waals surface area contributed by atoms with Crippen LogP contribution in [0.15, 0.2) is 192 Å². The zero-order chi connectivity index (χ0) is 63.1. The minimum Gasteiger partial charge on any atom is -0.454 e. The Morgan fingerprint density at radius 3 is 1.67 bits per heavy atom. The molecule has 2 unspecified atom stereocenters. The highest BCUT2D eigenvalue weighted by molar-refractivity contribution is 7.26. The number of hydrogen-bond donors (Lipinski definition) is 0. The van der Waals surface area contributed by atoms with Crippen molar-refractivity contribution in [2.45, 2.75) is 167 Å². The maximum absolute atomic E-state index is 7.29. The summed E-state index contributed by atoms with van der Waals surface area (Å²) in [6.45, 7) is 32.0. The van der Waals surface area contributed by atoms with Gasteiger partial charge in [0.2, 0.25) is 0 Å². The van der Waals surface area contributed by atoms with E-state index in [2.05, 4.69) is 293 Å². The van der Waals surface area contributed by atoms with Crippen LogP contribution >= 0.6 is 11.3 Å². The quantitative estimate of drug-likeness (QED) is 0.164. The van der Waals surface area contributed by atoms with E-state index in [0.717, 1.165) is 53.3 Å². The number of para-hydroxylation sites is 2. The first-order chi connectivity index (χ1) is 44.0. The number of rotatable bonds is 4. The summed E-state index contributed by atoms with van der Waals surface area (Å²) in [7, 11) is 0. The Kier molecular flexibility index (Phi) is 11.5. The fourth-order valence-corrected chi connectivity index (χ4v) is 20.1. The highest BCUT2D eigenvalue weighted by Gasteiger charge is 2.59. The van der Waals surface area contributed by atoms with Crippen molar-refractivity contribution in [2.75, 3.05) is 14.7 Å². The number of nitrogens with zero attached hydrogens (tertiary/aromatic N) is 3. The van der Waals surface area contributed by atoms with Crippen molar-refractivity contribution in [3.8, 4) is 11.1 Å². The lowest BCUT2D eigenvalue weighted by Gasteiger charge is -2.51. The molecule has 12 aromatic rings. The monoisotopic (exact) mass is 1220 g/mol. The molecule has 0 radical (unpaired) electrons. The van der Waals surface area contributed by atoms with Gasteiger partial charge in [0.05, 0.1) is 21.6 Å². The van der Waals surface area contributed by atoms with E-state index < -0.39 is 0 Å². The second-order valence-corrected chi connectivity index (χ2v) is 33.2. The van der Waals surface area contributed by atoms with Gasteiger partial charge in [-0.15, -0.1) is 11.3 Å². The zero-order valence-corrected chi connectivity index (χ0v) is 56.7. The van der Waals surface area contributed by atoms with Crippen LogP contribution in [0.5, 0.6) is 0 Å². The third-order valence-corrected chi connectivity index (χ3v) is 25.7. The van der Waals surface area contributed by atoms with Gasteiger partial charge in [0, 0.05) is 76.6 Å². The van der Waals surface area contributed by atoms with E-state index in [0.29, 0.717) is 0 Å². The number of benzene rings is 10. The van der Waals surface area contributed by atoms with Gasteiger partial charge in [0.25, 0.3) is 6.71 Å². The minimum absolute atomic E-state index is 0.0384. The molecular formula is C86H82BN3OS. The fourth-order valence-electron chi connectivity index (χ4n) is 18.9. The molecule has 0 spiro atoms. The van der Waals surface area contributed by atoms with Gasteiger partial charge in [-0.3, -0.25) is 0 Å². The Morgan fingerprint density at radius 1 is 0.424 bits per heavy atom. The molecule has 0 bridgehead atoms. The molecular weight excluding hydrogens is 1130 g/mol. The van der Waals surface area contributed by atoms with E-state index in [-0.39, 0.29) is 44.7 Å². The standard InChI is InChI=1S/C86H82BN3OS/c1-80(2,3)53-37-34-51(35-38-53)52-36-39-68-65(44-52)85(12)40-20-21-41-86(85,13)90(68)54-45-73-77-74(46-54)89(70-31-23-27-58-56-25-15-19-33-76(56)92-79(58)70)72-50-64-63(83(8,9)59-28-16-17-29-60(59)84(64,10)11)48-67(72)87(77)66-47-61-62(82(6,7)43-42-81(61,4)5)49-71(66)88(73)69-30-22-26-57-55-24-14-18-32-75(55)91-78(57)69/h14-19,22-39,44-50H,20-21,40-43H2,1-13H3. The maximum atomic E-state index is 7.29. The molecule has 6 aliphatic rings. The SMILES string of the molecule is CC(C)(C)c1ccc(-c2ccc3c(c2)C2(C)CCCCC2(C)N3c2cc3c4c(c2)N(c2cccc5c2sc2ccccc25)c2cc5c(cc2B4c2cc4c(cc2N3c2cccc3c2oc2ccccc23)C(C)(C)CCC4(C)C)C(C)(C)c2ccccc2C5(C)C)cc1. The van der Waals surface area contributed by atoms with E-state index in [9.17, 15) is 0 Å². The summed E-state index contributed by atoms with van der Waals surface area (Å²) in [6, 6.07) is 74.2. The first-order valence-electron chi connectivity index (χ1n) is 34.1. The van der Waals surface area contributed by atoms with Gasteiger partial charge in [0.15, 0.2) is 5.58 Å². The van der Waals surface area contributed by atoms with Gasteiger partial charge in [-0.1, -0.05) is 223 Å². The summed E-state index contributed by atoms with van der Waals surface area (Å²) in [5.41, 5.74) is 28.7. The third-order valence-electron chi connectivity index (χ3n) is 24.5. The van der Waals surface area contributed by atoms with Crippen LogP contribution in [0.3, 0.4) is 0 Å². The van der Waals surface area contributed by atoms with Gasteiger partial charge < -0.3 is 19.1 Å². The van der Waals surface area contributed by atoms with Crippen LogP contribution in [0.1, 0.15) is 173 Å². The molecule has 0 saturated heterocycles. The van der Waals surface area contributed by atoms with E-state index in [1.165, 1.54) is 145 Å². The third kappa shape index (κ3) is 7.48.